The van der Waals surface area contributed by atoms with Crippen LogP contribution in [0.5, 0.6) is 0 Å². The van der Waals surface area contributed by atoms with Gasteiger partial charge in [-0.25, -0.2) is 0 Å². The molecule has 2 atom stereocenters. The first-order valence-electron chi connectivity index (χ1n) is 10.6. The van der Waals surface area contributed by atoms with E-state index in [-0.39, 0.29) is 19.5 Å². The lowest BCUT2D eigenvalue weighted by atomic mass is 10.1. The first-order chi connectivity index (χ1) is 16.4. The third-order valence-corrected chi connectivity index (χ3v) is 4.68. The zero-order valence-electron chi connectivity index (χ0n) is 19.0. The number of likely N-dealkylation sites (tertiary alicyclic amines) is 1. The fraction of sp³-hybridized carbons (Fsp3) is 0.579. The molecule has 0 radical (unpaired) electrons. The van der Waals surface area contributed by atoms with Crippen molar-refractivity contribution < 1.29 is 43.5 Å². The number of carboxylic acids is 1. The fourth-order valence-electron chi connectivity index (χ4n) is 3.10. The van der Waals surface area contributed by atoms with Gasteiger partial charge in [0.25, 0.3) is 0 Å². The zero-order chi connectivity index (χ0) is 26.5. The second-order valence-corrected chi connectivity index (χ2v) is 7.55. The highest BCUT2D eigenvalue weighted by atomic mass is 16.4. The van der Waals surface area contributed by atoms with Crippen molar-refractivity contribution >= 4 is 47.3 Å². The van der Waals surface area contributed by atoms with Crippen molar-refractivity contribution in [2.24, 2.45) is 5.73 Å². The normalized spacial score (nSPS) is 15.3. The van der Waals surface area contributed by atoms with E-state index in [0.717, 1.165) is 4.90 Å². The lowest BCUT2D eigenvalue weighted by molar-refractivity contribution is -0.145. The summed E-state index contributed by atoms with van der Waals surface area (Å²) in [6, 6.07) is -2.52. The predicted octanol–water partition coefficient (Wildman–Crippen LogP) is -5.09. The number of nitrogens with one attached hydrogen (secondary N) is 5. The molecule has 16 heteroatoms. The number of carbonyl (C=O) groups is 8. The number of aliphatic carboxylic acids is 1. The summed E-state index contributed by atoms with van der Waals surface area (Å²) >= 11 is 0. The van der Waals surface area contributed by atoms with Crippen molar-refractivity contribution in [1.29, 1.82) is 0 Å². The van der Waals surface area contributed by atoms with E-state index < -0.39 is 85.5 Å². The minimum atomic E-state index is -1.51. The summed E-state index contributed by atoms with van der Waals surface area (Å²) in [5.74, 6) is -6.30. The number of hydrogen-bond donors (Lipinski definition) is 7. The predicted molar refractivity (Wildman–Crippen MR) is 116 cm³/mol. The van der Waals surface area contributed by atoms with Crippen LogP contribution in [0.3, 0.4) is 0 Å². The van der Waals surface area contributed by atoms with E-state index in [4.69, 9.17) is 10.8 Å². The van der Waals surface area contributed by atoms with Gasteiger partial charge in [-0.1, -0.05) is 0 Å². The summed E-state index contributed by atoms with van der Waals surface area (Å²) < 4.78 is 0. The summed E-state index contributed by atoms with van der Waals surface area (Å²) in [6.45, 7) is -0.514. The average Bonchev–Trinajstić information content (AvgIpc) is 3.27. The monoisotopic (exact) mass is 499 g/mol. The Bertz CT molecular complexity index is 877. The Morgan fingerprint density at radius 3 is 2.03 bits per heavy atom. The summed E-state index contributed by atoms with van der Waals surface area (Å²) in [5.41, 5.74) is 4.91. The van der Waals surface area contributed by atoms with Gasteiger partial charge in [0, 0.05) is 13.5 Å². The molecule has 1 aliphatic heterocycles. The molecular formula is C19H29N7O9. The molecular weight excluding hydrogens is 470 g/mol. The van der Waals surface area contributed by atoms with E-state index in [1.807, 2.05) is 0 Å². The van der Waals surface area contributed by atoms with Crippen LogP contribution in [0.2, 0.25) is 0 Å². The van der Waals surface area contributed by atoms with Gasteiger partial charge >= 0.3 is 5.97 Å². The number of carboxylic acid groups (broad SMARTS) is 1. The van der Waals surface area contributed by atoms with E-state index in [2.05, 4.69) is 26.6 Å². The van der Waals surface area contributed by atoms with Crippen molar-refractivity contribution in [1.82, 2.24) is 31.5 Å². The van der Waals surface area contributed by atoms with Gasteiger partial charge in [0.15, 0.2) is 0 Å². The molecule has 0 unspecified atom stereocenters. The van der Waals surface area contributed by atoms with Crippen molar-refractivity contribution in [3.63, 3.8) is 0 Å². The van der Waals surface area contributed by atoms with Crippen molar-refractivity contribution in [3.05, 3.63) is 0 Å². The van der Waals surface area contributed by atoms with Crippen LogP contribution in [0.1, 0.15) is 26.2 Å². The molecule has 1 fully saturated rings. The molecule has 1 aliphatic rings. The SMILES string of the molecule is CC(=O)NCC(=O)NCC(=O)N[C@@H](CC(=O)O)C(=O)N1CCC[C@H]1C(=O)NCC(=O)NCC(N)=O. The standard InChI is InChI=1S/C19H29N7O9/c1-10(27)21-7-14(29)23-9-16(31)25-11(5-17(32)33)19(35)26-4-2-3-12(26)18(34)24-8-15(30)22-6-13(20)28/h11-12H,2-9H2,1H3,(H2,20,28)(H,21,27)(H,22,30)(H,23,29)(H,24,34)(H,25,31)(H,32,33)/t11-,12-/m0/s1. The maximum absolute atomic E-state index is 13.0. The summed E-state index contributed by atoms with van der Waals surface area (Å²) in [5, 5.41) is 20.3. The minimum absolute atomic E-state index is 0.115. The van der Waals surface area contributed by atoms with Crippen molar-refractivity contribution in [3.8, 4) is 0 Å². The number of hydrogen-bond acceptors (Lipinski definition) is 8. The van der Waals surface area contributed by atoms with E-state index in [1.165, 1.54) is 6.92 Å². The average molecular weight is 499 g/mol. The van der Waals surface area contributed by atoms with Crippen LogP contribution >= 0.6 is 0 Å². The first kappa shape index (κ1) is 28.8. The van der Waals surface area contributed by atoms with Gasteiger partial charge in [-0.2, -0.15) is 0 Å². The van der Waals surface area contributed by atoms with Crippen LogP contribution in [-0.4, -0.2) is 102 Å². The Hall–Kier alpha value is -4.24. The Morgan fingerprint density at radius 2 is 1.46 bits per heavy atom. The van der Waals surface area contributed by atoms with Gasteiger partial charge in [0.1, 0.15) is 12.1 Å². The smallest absolute Gasteiger partial charge is 0.305 e. The summed E-state index contributed by atoms with van der Waals surface area (Å²) in [6.07, 6.45) is -0.108. The molecule has 7 amide bonds. The van der Waals surface area contributed by atoms with Gasteiger partial charge in [-0.3, -0.25) is 38.4 Å². The highest BCUT2D eigenvalue weighted by molar-refractivity contribution is 5.96. The molecule has 0 aromatic heterocycles. The lowest BCUT2D eigenvalue weighted by Crippen LogP contribution is -2.55. The lowest BCUT2D eigenvalue weighted by Gasteiger charge is -2.28. The van der Waals surface area contributed by atoms with Crippen LogP contribution in [-0.2, 0) is 38.4 Å². The summed E-state index contributed by atoms with van der Waals surface area (Å²) in [4.78, 5) is 94.7. The van der Waals surface area contributed by atoms with Gasteiger partial charge in [-0.05, 0) is 12.8 Å². The molecule has 0 aromatic carbocycles. The van der Waals surface area contributed by atoms with E-state index in [9.17, 15) is 38.4 Å². The van der Waals surface area contributed by atoms with Gasteiger partial charge in [-0.15, -0.1) is 0 Å². The minimum Gasteiger partial charge on any atom is -0.481 e. The summed E-state index contributed by atoms with van der Waals surface area (Å²) in [7, 11) is 0. The van der Waals surface area contributed by atoms with E-state index >= 15 is 0 Å². The Labute approximate surface area is 199 Å². The van der Waals surface area contributed by atoms with Gasteiger partial charge < -0.3 is 42.3 Å². The highest BCUT2D eigenvalue weighted by Crippen LogP contribution is 2.19. The number of nitrogens with zero attached hydrogens (tertiary/aromatic N) is 1. The number of rotatable bonds is 13. The molecule has 0 spiro atoms. The molecule has 194 valence electrons. The molecule has 1 saturated heterocycles. The van der Waals surface area contributed by atoms with E-state index in [1.54, 1.807) is 0 Å². The second-order valence-electron chi connectivity index (χ2n) is 7.55. The zero-order valence-corrected chi connectivity index (χ0v) is 19.0. The maximum atomic E-state index is 13.0. The van der Waals surface area contributed by atoms with Gasteiger partial charge in [0.2, 0.25) is 41.4 Å². The van der Waals surface area contributed by atoms with Gasteiger partial charge in [0.05, 0.1) is 32.6 Å². The van der Waals surface area contributed by atoms with Crippen LogP contribution in [0.15, 0.2) is 0 Å². The van der Waals surface area contributed by atoms with Crippen LogP contribution in [0, 0.1) is 0 Å². The largest absolute Gasteiger partial charge is 0.481 e. The molecule has 35 heavy (non-hydrogen) atoms. The molecule has 16 nitrogen and oxygen atoms in total. The molecule has 8 N–H and O–H groups in total. The van der Waals surface area contributed by atoms with Crippen LogP contribution in [0.25, 0.3) is 0 Å². The Morgan fingerprint density at radius 1 is 0.886 bits per heavy atom. The quantitative estimate of drug-likeness (QED) is 0.128. The highest BCUT2D eigenvalue weighted by Gasteiger charge is 2.38. The third-order valence-electron chi connectivity index (χ3n) is 4.68. The fourth-order valence-corrected chi connectivity index (χ4v) is 3.10. The second kappa shape index (κ2) is 14.1. The first-order valence-corrected chi connectivity index (χ1v) is 10.6. The molecule has 0 saturated carbocycles. The third kappa shape index (κ3) is 11.0. The Kier molecular flexibility index (Phi) is 11.6. The molecule has 0 bridgehead atoms. The maximum Gasteiger partial charge on any atom is 0.305 e. The molecule has 0 aliphatic carbocycles. The van der Waals surface area contributed by atoms with Crippen LogP contribution < -0.4 is 32.3 Å². The molecule has 0 aromatic rings. The van der Waals surface area contributed by atoms with Crippen LogP contribution in [0.4, 0.5) is 0 Å². The molecule has 1 rings (SSSR count). The van der Waals surface area contributed by atoms with Crippen molar-refractivity contribution in [2.45, 2.75) is 38.3 Å². The van der Waals surface area contributed by atoms with E-state index in [0.29, 0.717) is 6.42 Å². The number of primary amides is 1. The number of amides is 7. The van der Waals surface area contributed by atoms with Crippen molar-refractivity contribution in [2.75, 3.05) is 32.7 Å². The molecule has 1 heterocycles. The number of carbonyl (C=O) groups excluding carboxylic acids is 7. The number of nitrogens with two attached hydrogens (primary N) is 1. The topological polar surface area (TPSA) is 246 Å². The Balaban J connectivity index is 2.71.